The Morgan fingerprint density at radius 3 is 2.34 bits per heavy atom. The Morgan fingerprint density at radius 1 is 1.03 bits per heavy atom. The van der Waals surface area contributed by atoms with E-state index >= 15 is 0 Å². The van der Waals surface area contributed by atoms with E-state index in [1.807, 2.05) is 5.32 Å². The maximum absolute atomic E-state index is 13.4. The quantitative estimate of drug-likeness (QED) is 0.375. The van der Waals surface area contributed by atoms with Crippen molar-refractivity contribution in [1.82, 2.24) is 19.9 Å². The van der Waals surface area contributed by atoms with Crippen LogP contribution in [0, 0.1) is 0 Å². The number of fused-ring (bicyclic) bond motifs is 1. The number of pyridine rings is 2. The van der Waals surface area contributed by atoms with Gasteiger partial charge in [-0.2, -0.15) is 26.3 Å². The molecule has 12 heteroatoms. The molecule has 3 heterocycles. The van der Waals surface area contributed by atoms with E-state index in [-0.39, 0.29) is 34.0 Å². The van der Waals surface area contributed by atoms with Crippen molar-refractivity contribution in [3.8, 4) is 17.2 Å². The molecular formula is C23H17F6N5O. The van der Waals surface area contributed by atoms with Crippen LogP contribution in [-0.2, 0) is 6.18 Å². The Morgan fingerprint density at radius 2 is 1.77 bits per heavy atom. The SMILES string of the molecule is C[C@H](NC(=O)c1ccc(-c2c(N)c3ccc(C(F)(F)F)cc3n2-c2ccccn2)nc1)C(F)(F)F. The number of nitrogen functional groups attached to an aromatic ring is 1. The zero-order valence-corrected chi connectivity index (χ0v) is 17.9. The average molecular weight is 493 g/mol. The van der Waals surface area contributed by atoms with Gasteiger partial charge in [0.05, 0.1) is 33.7 Å². The number of aromatic nitrogens is 3. The number of nitrogens with one attached hydrogen (secondary N) is 1. The highest BCUT2D eigenvalue weighted by atomic mass is 19.4. The van der Waals surface area contributed by atoms with E-state index in [1.165, 1.54) is 29.0 Å². The summed E-state index contributed by atoms with van der Waals surface area (Å²) < 4.78 is 79.8. The lowest BCUT2D eigenvalue weighted by Gasteiger charge is -2.17. The summed E-state index contributed by atoms with van der Waals surface area (Å²) in [6.07, 6.45) is -6.69. The first-order chi connectivity index (χ1) is 16.4. The Labute approximate surface area is 194 Å². The second-order valence-electron chi connectivity index (χ2n) is 7.68. The lowest BCUT2D eigenvalue weighted by atomic mass is 10.1. The number of anilines is 1. The minimum Gasteiger partial charge on any atom is -0.396 e. The van der Waals surface area contributed by atoms with E-state index in [4.69, 9.17) is 5.73 Å². The number of nitrogens with two attached hydrogens (primary N) is 1. The molecule has 3 N–H and O–H groups in total. The Hall–Kier alpha value is -4.09. The zero-order valence-electron chi connectivity index (χ0n) is 17.9. The van der Waals surface area contributed by atoms with Gasteiger partial charge in [0.2, 0.25) is 0 Å². The van der Waals surface area contributed by atoms with E-state index in [9.17, 15) is 31.1 Å². The fourth-order valence-corrected chi connectivity index (χ4v) is 3.50. The van der Waals surface area contributed by atoms with Crippen LogP contribution >= 0.6 is 0 Å². The molecule has 4 aromatic rings. The van der Waals surface area contributed by atoms with Crippen LogP contribution < -0.4 is 11.1 Å². The normalized spacial score (nSPS) is 13.1. The van der Waals surface area contributed by atoms with Gasteiger partial charge in [-0.3, -0.25) is 14.3 Å². The van der Waals surface area contributed by atoms with Crippen LogP contribution in [0.15, 0.2) is 60.9 Å². The third-order valence-electron chi connectivity index (χ3n) is 5.32. The minimum atomic E-state index is -4.61. The van der Waals surface area contributed by atoms with Gasteiger partial charge in [-0.05, 0) is 43.3 Å². The van der Waals surface area contributed by atoms with E-state index in [2.05, 4.69) is 9.97 Å². The minimum absolute atomic E-state index is 0.120. The standard InChI is InChI=1S/C23H17F6N5O/c1-12(22(24,25)26)33-21(35)13-5-8-16(32-11-13)20-19(30)15-7-6-14(23(27,28)29)10-17(15)34(20)18-4-2-3-9-31-18/h2-12H,30H2,1H3,(H,33,35)/t12-/m0/s1. The first kappa shape index (κ1) is 24.0. The zero-order chi connectivity index (χ0) is 25.5. The number of benzene rings is 1. The van der Waals surface area contributed by atoms with Gasteiger partial charge >= 0.3 is 12.4 Å². The number of hydrogen-bond acceptors (Lipinski definition) is 4. The van der Waals surface area contributed by atoms with Crippen molar-refractivity contribution >= 4 is 22.5 Å². The lowest BCUT2D eigenvalue weighted by molar-refractivity contribution is -0.149. The number of nitrogens with zero attached hydrogens (tertiary/aromatic N) is 3. The molecule has 0 bridgehead atoms. The molecule has 3 aromatic heterocycles. The van der Waals surface area contributed by atoms with E-state index in [1.54, 1.807) is 18.2 Å². The first-order valence-electron chi connectivity index (χ1n) is 10.1. The van der Waals surface area contributed by atoms with Gasteiger partial charge in [0.1, 0.15) is 11.9 Å². The summed E-state index contributed by atoms with van der Waals surface area (Å²) >= 11 is 0. The molecule has 0 saturated carbocycles. The molecule has 0 spiro atoms. The Bertz CT molecular complexity index is 1380. The van der Waals surface area contributed by atoms with Crippen molar-refractivity contribution in [2.45, 2.75) is 25.3 Å². The summed E-state index contributed by atoms with van der Waals surface area (Å²) in [5.74, 6) is -0.715. The second-order valence-corrected chi connectivity index (χ2v) is 7.68. The molecule has 1 atom stereocenters. The first-order valence-corrected chi connectivity index (χ1v) is 10.1. The number of hydrogen-bond donors (Lipinski definition) is 2. The smallest absolute Gasteiger partial charge is 0.396 e. The second kappa shape index (κ2) is 8.60. The molecule has 0 aliphatic heterocycles. The monoisotopic (exact) mass is 493 g/mol. The number of halogens is 6. The third-order valence-corrected chi connectivity index (χ3v) is 5.32. The fourth-order valence-electron chi connectivity index (χ4n) is 3.50. The number of alkyl halides is 6. The van der Waals surface area contributed by atoms with Crippen molar-refractivity contribution < 1.29 is 31.1 Å². The topological polar surface area (TPSA) is 85.8 Å². The van der Waals surface area contributed by atoms with Crippen molar-refractivity contribution in [1.29, 1.82) is 0 Å². The van der Waals surface area contributed by atoms with E-state index in [0.717, 1.165) is 25.3 Å². The fraction of sp³-hybridized carbons (Fsp3) is 0.174. The predicted octanol–water partition coefficient (Wildman–Crippen LogP) is 5.37. The lowest BCUT2D eigenvalue weighted by Crippen LogP contribution is -2.43. The van der Waals surface area contributed by atoms with Crippen LogP contribution in [0.1, 0.15) is 22.8 Å². The Balaban J connectivity index is 1.83. The summed E-state index contributed by atoms with van der Waals surface area (Å²) in [5.41, 5.74) is 5.93. The molecule has 35 heavy (non-hydrogen) atoms. The molecular weight excluding hydrogens is 476 g/mol. The molecule has 4 rings (SSSR count). The van der Waals surface area contributed by atoms with Crippen LogP contribution in [0.25, 0.3) is 28.1 Å². The maximum atomic E-state index is 13.4. The molecule has 0 fully saturated rings. The number of rotatable bonds is 4. The Kier molecular flexibility index (Phi) is 5.91. The summed E-state index contributed by atoms with van der Waals surface area (Å²) in [5, 5.41) is 2.16. The maximum Gasteiger partial charge on any atom is 0.416 e. The summed E-state index contributed by atoms with van der Waals surface area (Å²) in [4.78, 5) is 20.6. The van der Waals surface area contributed by atoms with Crippen LogP contribution in [0.3, 0.4) is 0 Å². The predicted molar refractivity (Wildman–Crippen MR) is 117 cm³/mol. The molecule has 0 unspecified atom stereocenters. The largest absolute Gasteiger partial charge is 0.416 e. The van der Waals surface area contributed by atoms with Crippen LogP contribution in [0.2, 0.25) is 0 Å². The van der Waals surface area contributed by atoms with Crippen LogP contribution in [-0.4, -0.2) is 32.7 Å². The van der Waals surface area contributed by atoms with Crippen LogP contribution in [0.4, 0.5) is 32.0 Å². The molecule has 0 saturated heterocycles. The molecule has 0 aliphatic carbocycles. The van der Waals surface area contributed by atoms with Gasteiger partial charge in [-0.25, -0.2) is 4.98 Å². The van der Waals surface area contributed by atoms with Crippen molar-refractivity contribution in [2.75, 3.05) is 5.73 Å². The van der Waals surface area contributed by atoms with E-state index < -0.39 is 29.9 Å². The van der Waals surface area contributed by atoms with Crippen LogP contribution in [0.5, 0.6) is 0 Å². The molecule has 1 aromatic carbocycles. The number of carbonyl (C=O) groups is 1. The average Bonchev–Trinajstić information content (AvgIpc) is 3.10. The van der Waals surface area contributed by atoms with Gasteiger partial charge in [-0.15, -0.1) is 0 Å². The number of amides is 1. The van der Waals surface area contributed by atoms with Gasteiger partial charge < -0.3 is 11.1 Å². The third kappa shape index (κ3) is 4.63. The molecule has 0 aliphatic rings. The van der Waals surface area contributed by atoms with E-state index in [0.29, 0.717) is 5.39 Å². The molecule has 6 nitrogen and oxygen atoms in total. The van der Waals surface area contributed by atoms with Gasteiger partial charge in [-0.1, -0.05) is 12.1 Å². The van der Waals surface area contributed by atoms with Gasteiger partial charge in [0.15, 0.2) is 0 Å². The van der Waals surface area contributed by atoms with Gasteiger partial charge in [0, 0.05) is 17.8 Å². The molecule has 182 valence electrons. The van der Waals surface area contributed by atoms with Gasteiger partial charge in [0.25, 0.3) is 5.91 Å². The van der Waals surface area contributed by atoms with Crippen molar-refractivity contribution in [2.24, 2.45) is 0 Å². The number of carbonyl (C=O) groups excluding carboxylic acids is 1. The highest BCUT2D eigenvalue weighted by Crippen LogP contribution is 2.40. The molecule has 1 amide bonds. The van der Waals surface area contributed by atoms with Crippen molar-refractivity contribution in [3.63, 3.8) is 0 Å². The summed E-state index contributed by atoms with van der Waals surface area (Å²) in [6, 6.07) is 8.48. The highest BCUT2D eigenvalue weighted by molar-refractivity contribution is 6.02. The van der Waals surface area contributed by atoms with Crippen molar-refractivity contribution in [3.05, 3.63) is 72.1 Å². The summed E-state index contributed by atoms with van der Waals surface area (Å²) in [6.45, 7) is 0.806. The highest BCUT2D eigenvalue weighted by Gasteiger charge is 2.37. The molecule has 0 radical (unpaired) electrons. The summed E-state index contributed by atoms with van der Waals surface area (Å²) in [7, 11) is 0.